The number of cyclic esters (lactones) is 4. The molecule has 0 N–H and O–H groups in total. The third-order valence-corrected chi connectivity index (χ3v) is 5.76. The summed E-state index contributed by atoms with van der Waals surface area (Å²) in [7, 11) is 0. The van der Waals surface area contributed by atoms with Crippen molar-refractivity contribution in [2.24, 2.45) is 17.3 Å². The zero-order chi connectivity index (χ0) is 19.1. The lowest BCUT2D eigenvalue weighted by atomic mass is 9.76. The zero-order valence-electron chi connectivity index (χ0n) is 15.4. The molecule has 6 heteroatoms. The van der Waals surface area contributed by atoms with Crippen molar-refractivity contribution in [2.45, 2.75) is 59.3 Å². The quantitative estimate of drug-likeness (QED) is 0.566. The molecule has 0 radical (unpaired) electrons. The molecule has 0 aromatic carbocycles. The molecule has 0 aromatic heterocycles. The summed E-state index contributed by atoms with van der Waals surface area (Å²) in [6.07, 6.45) is 5.77. The third-order valence-electron chi connectivity index (χ3n) is 5.76. The number of hydrogen-bond donors (Lipinski definition) is 0. The highest BCUT2D eigenvalue weighted by atomic mass is 16.6. The Morgan fingerprint density at radius 1 is 0.962 bits per heavy atom. The summed E-state index contributed by atoms with van der Waals surface area (Å²) in [4.78, 5) is 49.2. The Bertz CT molecular complexity index is 743. The maximum absolute atomic E-state index is 12.4. The van der Waals surface area contributed by atoms with E-state index in [1.807, 2.05) is 6.08 Å². The number of carbonyl (C=O) groups excluding carboxylic acids is 4. The van der Waals surface area contributed by atoms with Gasteiger partial charge in [0, 0.05) is 17.6 Å². The Kier molecular flexibility index (Phi) is 4.86. The largest absolute Gasteiger partial charge is 0.389 e. The molecule has 0 unspecified atom stereocenters. The van der Waals surface area contributed by atoms with E-state index < -0.39 is 29.3 Å². The third kappa shape index (κ3) is 2.91. The Hall–Kier alpha value is -2.24. The number of hydrogen-bond acceptors (Lipinski definition) is 6. The summed E-state index contributed by atoms with van der Waals surface area (Å²) in [5, 5.41) is 0. The van der Waals surface area contributed by atoms with E-state index in [0.717, 1.165) is 25.7 Å². The van der Waals surface area contributed by atoms with Crippen LogP contribution in [-0.4, -0.2) is 23.9 Å². The number of fused-ring (bicyclic) bond motifs is 1. The molecule has 1 saturated heterocycles. The molecule has 3 aliphatic rings. The molecule has 1 aliphatic carbocycles. The molecule has 6 nitrogen and oxygen atoms in total. The van der Waals surface area contributed by atoms with Crippen molar-refractivity contribution in [1.29, 1.82) is 0 Å². The van der Waals surface area contributed by atoms with Crippen LogP contribution >= 0.6 is 0 Å². The highest BCUT2D eigenvalue weighted by molar-refractivity contribution is 6.14. The Balaban J connectivity index is 2.18. The minimum Gasteiger partial charge on any atom is -0.389 e. The van der Waals surface area contributed by atoms with E-state index in [1.54, 1.807) is 6.92 Å². The first-order valence-electron chi connectivity index (χ1n) is 9.29. The van der Waals surface area contributed by atoms with Gasteiger partial charge in [0.05, 0.1) is 5.57 Å². The van der Waals surface area contributed by atoms with Crippen molar-refractivity contribution in [3.8, 4) is 0 Å². The summed E-state index contributed by atoms with van der Waals surface area (Å²) in [6, 6.07) is 0. The van der Waals surface area contributed by atoms with E-state index in [4.69, 9.17) is 9.47 Å². The maximum atomic E-state index is 12.4. The smallest absolute Gasteiger partial charge is 0.342 e. The normalized spacial score (nSPS) is 33.6. The summed E-state index contributed by atoms with van der Waals surface area (Å²) >= 11 is 0. The minimum absolute atomic E-state index is 0.0306. The van der Waals surface area contributed by atoms with E-state index in [9.17, 15) is 19.2 Å². The number of ether oxygens (including phenoxy) is 2. The average molecular weight is 360 g/mol. The van der Waals surface area contributed by atoms with Gasteiger partial charge < -0.3 is 9.47 Å². The summed E-state index contributed by atoms with van der Waals surface area (Å²) < 4.78 is 9.72. The highest BCUT2D eigenvalue weighted by Gasteiger charge is 2.53. The van der Waals surface area contributed by atoms with E-state index in [0.29, 0.717) is 17.6 Å². The molecule has 0 bridgehead atoms. The molecule has 0 saturated carbocycles. The Morgan fingerprint density at radius 2 is 1.62 bits per heavy atom. The molecule has 2 aliphatic heterocycles. The number of carbonyl (C=O) groups is 4. The van der Waals surface area contributed by atoms with Gasteiger partial charge in [-0.2, -0.15) is 0 Å². The van der Waals surface area contributed by atoms with Crippen LogP contribution in [0.3, 0.4) is 0 Å². The monoisotopic (exact) mass is 360 g/mol. The SMILES string of the molecule is CCC[C@@H]1CC2=C(C[C@@]3(C)C(=O)OC(=O)/C3=C/[C@H]1CCC)C(=O)OC2=O. The predicted octanol–water partition coefficient (Wildman–Crippen LogP) is 3.01. The number of allylic oxidation sites excluding steroid dienone is 1. The second-order valence-electron chi connectivity index (χ2n) is 7.61. The van der Waals surface area contributed by atoms with Gasteiger partial charge in [0.1, 0.15) is 5.41 Å². The van der Waals surface area contributed by atoms with Gasteiger partial charge in [-0.25, -0.2) is 14.4 Å². The van der Waals surface area contributed by atoms with Crippen molar-refractivity contribution >= 4 is 23.9 Å². The molecule has 1 fully saturated rings. The van der Waals surface area contributed by atoms with E-state index in [-0.39, 0.29) is 23.8 Å². The van der Waals surface area contributed by atoms with Gasteiger partial charge in [0.25, 0.3) is 0 Å². The topological polar surface area (TPSA) is 86.7 Å². The average Bonchev–Trinajstić information content (AvgIpc) is 2.96. The zero-order valence-corrected chi connectivity index (χ0v) is 15.4. The summed E-state index contributed by atoms with van der Waals surface area (Å²) in [6.45, 7) is 5.73. The van der Waals surface area contributed by atoms with Crippen LogP contribution in [0, 0.1) is 17.3 Å². The molecule has 0 amide bonds. The fourth-order valence-corrected chi connectivity index (χ4v) is 4.30. The van der Waals surface area contributed by atoms with Crippen LogP contribution in [0.2, 0.25) is 0 Å². The first-order valence-corrected chi connectivity index (χ1v) is 9.29. The molecule has 3 rings (SSSR count). The van der Waals surface area contributed by atoms with Crippen molar-refractivity contribution < 1.29 is 28.7 Å². The van der Waals surface area contributed by atoms with E-state index in [1.165, 1.54) is 0 Å². The fraction of sp³-hybridized carbons (Fsp3) is 0.600. The van der Waals surface area contributed by atoms with Crippen LogP contribution in [0.25, 0.3) is 0 Å². The lowest BCUT2D eigenvalue weighted by Gasteiger charge is -2.25. The molecule has 140 valence electrons. The molecule has 2 heterocycles. The van der Waals surface area contributed by atoms with Crippen LogP contribution in [0.5, 0.6) is 0 Å². The predicted molar refractivity (Wildman–Crippen MR) is 91.4 cm³/mol. The maximum Gasteiger partial charge on any atom is 0.342 e. The van der Waals surface area contributed by atoms with Crippen LogP contribution in [0.15, 0.2) is 22.8 Å². The second kappa shape index (κ2) is 6.82. The molecular formula is C20H24O6. The minimum atomic E-state index is -1.26. The van der Waals surface area contributed by atoms with Crippen LogP contribution in [0.1, 0.15) is 59.3 Å². The highest BCUT2D eigenvalue weighted by Crippen LogP contribution is 2.47. The molecule has 26 heavy (non-hydrogen) atoms. The molecular weight excluding hydrogens is 336 g/mol. The van der Waals surface area contributed by atoms with Crippen molar-refractivity contribution in [3.63, 3.8) is 0 Å². The number of esters is 4. The van der Waals surface area contributed by atoms with Crippen molar-refractivity contribution in [1.82, 2.24) is 0 Å². The number of rotatable bonds is 4. The van der Waals surface area contributed by atoms with Gasteiger partial charge in [-0.1, -0.05) is 32.8 Å². The van der Waals surface area contributed by atoms with Gasteiger partial charge in [-0.3, -0.25) is 4.79 Å². The standard InChI is InChI=1S/C20H24O6/c1-4-6-11-8-13-14(17(22)25-16(13)21)10-20(3)15(9-12(11)7-5-2)18(23)26-19(20)24/h9,11-12H,4-8,10H2,1-3H3/b15-9-/t11-,12-,20-/m1/s1. The lowest BCUT2D eigenvalue weighted by Crippen LogP contribution is -2.27. The summed E-state index contributed by atoms with van der Waals surface area (Å²) in [5.41, 5.74) is -0.372. The second-order valence-corrected chi connectivity index (χ2v) is 7.61. The van der Waals surface area contributed by atoms with Crippen LogP contribution < -0.4 is 0 Å². The van der Waals surface area contributed by atoms with Gasteiger partial charge in [-0.05, 0) is 38.0 Å². The molecule has 3 atom stereocenters. The first-order chi connectivity index (χ1) is 12.3. The summed E-state index contributed by atoms with van der Waals surface area (Å²) in [5.74, 6) is -2.51. The van der Waals surface area contributed by atoms with Gasteiger partial charge in [0.15, 0.2) is 0 Å². The van der Waals surface area contributed by atoms with Crippen molar-refractivity contribution in [2.75, 3.05) is 0 Å². The van der Waals surface area contributed by atoms with Crippen LogP contribution in [0.4, 0.5) is 0 Å². The van der Waals surface area contributed by atoms with Gasteiger partial charge in [-0.15, -0.1) is 0 Å². The van der Waals surface area contributed by atoms with E-state index >= 15 is 0 Å². The molecule has 0 spiro atoms. The van der Waals surface area contributed by atoms with Crippen LogP contribution in [-0.2, 0) is 28.7 Å². The Morgan fingerprint density at radius 3 is 2.27 bits per heavy atom. The van der Waals surface area contributed by atoms with E-state index in [2.05, 4.69) is 13.8 Å². The lowest BCUT2D eigenvalue weighted by molar-refractivity contribution is -0.154. The fourth-order valence-electron chi connectivity index (χ4n) is 4.30. The van der Waals surface area contributed by atoms with Gasteiger partial charge in [0.2, 0.25) is 0 Å². The van der Waals surface area contributed by atoms with Crippen molar-refractivity contribution in [3.05, 3.63) is 22.8 Å². The molecule has 0 aromatic rings. The van der Waals surface area contributed by atoms with Gasteiger partial charge >= 0.3 is 23.9 Å². The first kappa shape index (κ1) is 18.5. The Labute approximate surface area is 152 Å².